The summed E-state index contributed by atoms with van der Waals surface area (Å²) in [6, 6.07) is 18.6. The van der Waals surface area contributed by atoms with Gasteiger partial charge in [0, 0.05) is 16.7 Å². The Morgan fingerprint density at radius 1 is 1.07 bits per heavy atom. The Bertz CT molecular complexity index is 1090. The Hall–Kier alpha value is -2.05. The molecule has 2 heterocycles. The molecule has 0 spiro atoms. The van der Waals surface area contributed by atoms with Crippen LogP contribution in [-0.2, 0) is 11.3 Å². The summed E-state index contributed by atoms with van der Waals surface area (Å²) in [5.74, 6) is 1.04. The highest BCUT2D eigenvalue weighted by atomic mass is 35.5. The van der Waals surface area contributed by atoms with E-state index in [9.17, 15) is 4.79 Å². The fourth-order valence-electron chi connectivity index (χ4n) is 2.80. The van der Waals surface area contributed by atoms with Crippen molar-refractivity contribution in [3.8, 4) is 11.3 Å². The second-order valence-corrected chi connectivity index (χ2v) is 8.60. The monoisotopic (exact) mass is 445 g/mol. The van der Waals surface area contributed by atoms with Gasteiger partial charge in [0.25, 0.3) is 5.91 Å². The van der Waals surface area contributed by atoms with Gasteiger partial charge in [-0.25, -0.2) is 0 Å². The molecule has 1 fully saturated rings. The van der Waals surface area contributed by atoms with Crippen LogP contribution in [0.15, 0.2) is 70.0 Å². The van der Waals surface area contributed by atoms with E-state index in [4.69, 9.17) is 39.8 Å². The van der Waals surface area contributed by atoms with E-state index in [-0.39, 0.29) is 5.91 Å². The Labute approximate surface area is 181 Å². The van der Waals surface area contributed by atoms with Crippen molar-refractivity contribution in [2.24, 2.45) is 0 Å². The highest BCUT2D eigenvalue weighted by Gasteiger charge is 2.32. The zero-order valence-electron chi connectivity index (χ0n) is 14.4. The molecule has 1 saturated heterocycles. The van der Waals surface area contributed by atoms with Crippen molar-refractivity contribution in [1.29, 1.82) is 0 Å². The zero-order valence-corrected chi connectivity index (χ0v) is 17.5. The lowest BCUT2D eigenvalue weighted by Crippen LogP contribution is -2.27. The fraction of sp³-hybridized carbons (Fsp3) is 0.0476. The third-order valence-electron chi connectivity index (χ3n) is 4.15. The van der Waals surface area contributed by atoms with E-state index in [0.29, 0.717) is 37.3 Å². The second-order valence-electron chi connectivity index (χ2n) is 6.08. The molecule has 3 nitrogen and oxygen atoms in total. The van der Waals surface area contributed by atoms with Crippen molar-refractivity contribution < 1.29 is 9.21 Å². The summed E-state index contributed by atoms with van der Waals surface area (Å²) >= 11 is 18.8. The minimum absolute atomic E-state index is 0.124. The van der Waals surface area contributed by atoms with Crippen molar-refractivity contribution in [1.82, 2.24) is 4.90 Å². The Morgan fingerprint density at radius 3 is 2.61 bits per heavy atom. The summed E-state index contributed by atoms with van der Waals surface area (Å²) in [6.07, 6.45) is 1.71. The molecule has 4 rings (SSSR count). The maximum atomic E-state index is 12.8. The predicted octanol–water partition coefficient (Wildman–Crippen LogP) is 6.65. The third-order valence-corrected chi connectivity index (χ3v) is 6.08. The van der Waals surface area contributed by atoms with Gasteiger partial charge in [0.05, 0.1) is 16.5 Å². The lowest BCUT2D eigenvalue weighted by Gasteiger charge is -2.14. The first-order valence-electron chi connectivity index (χ1n) is 8.36. The number of thioether (sulfide) groups is 1. The van der Waals surface area contributed by atoms with Gasteiger partial charge in [-0.15, -0.1) is 0 Å². The van der Waals surface area contributed by atoms with E-state index >= 15 is 0 Å². The maximum Gasteiger partial charge on any atom is 0.266 e. The minimum atomic E-state index is -0.124. The fourth-order valence-corrected chi connectivity index (χ4v) is 4.53. The molecule has 28 heavy (non-hydrogen) atoms. The first-order chi connectivity index (χ1) is 13.5. The van der Waals surface area contributed by atoms with Gasteiger partial charge in [0.2, 0.25) is 0 Å². The van der Waals surface area contributed by atoms with Gasteiger partial charge in [0.1, 0.15) is 15.8 Å². The van der Waals surface area contributed by atoms with Crippen LogP contribution in [0.3, 0.4) is 0 Å². The smallest absolute Gasteiger partial charge is 0.266 e. The van der Waals surface area contributed by atoms with Crippen molar-refractivity contribution in [3.05, 3.63) is 86.9 Å². The van der Waals surface area contributed by atoms with E-state index in [2.05, 4.69) is 0 Å². The van der Waals surface area contributed by atoms with Crippen LogP contribution in [0.1, 0.15) is 11.3 Å². The molecule has 0 aliphatic carbocycles. The van der Waals surface area contributed by atoms with Crippen molar-refractivity contribution in [2.75, 3.05) is 0 Å². The lowest BCUT2D eigenvalue weighted by atomic mass is 10.2. The molecule has 0 bridgehead atoms. The number of amides is 1. The molecular weight excluding hydrogens is 433 g/mol. The molecule has 1 amide bonds. The van der Waals surface area contributed by atoms with Gasteiger partial charge >= 0.3 is 0 Å². The molecule has 1 aliphatic rings. The van der Waals surface area contributed by atoms with Crippen LogP contribution in [0, 0.1) is 0 Å². The van der Waals surface area contributed by atoms with Gasteiger partial charge in [-0.1, -0.05) is 77.5 Å². The van der Waals surface area contributed by atoms with E-state index < -0.39 is 0 Å². The van der Waals surface area contributed by atoms with Crippen LogP contribution in [0.2, 0.25) is 10.0 Å². The summed E-state index contributed by atoms with van der Waals surface area (Å²) in [5, 5.41) is 1.06. The van der Waals surface area contributed by atoms with Crippen LogP contribution in [0.4, 0.5) is 0 Å². The number of carbonyl (C=O) groups excluding carboxylic acids is 1. The summed E-state index contributed by atoms with van der Waals surface area (Å²) in [5.41, 5.74) is 1.76. The maximum absolute atomic E-state index is 12.8. The third kappa shape index (κ3) is 4.03. The number of rotatable bonds is 4. The average molecular weight is 446 g/mol. The van der Waals surface area contributed by atoms with E-state index in [1.165, 1.54) is 11.8 Å². The van der Waals surface area contributed by atoms with Gasteiger partial charge in [-0.05, 0) is 35.9 Å². The number of halogens is 2. The van der Waals surface area contributed by atoms with E-state index in [0.717, 1.165) is 11.1 Å². The van der Waals surface area contributed by atoms with Crippen LogP contribution in [0.5, 0.6) is 0 Å². The van der Waals surface area contributed by atoms with Crippen molar-refractivity contribution >= 4 is 63.5 Å². The van der Waals surface area contributed by atoms with Gasteiger partial charge in [-0.2, -0.15) is 0 Å². The molecule has 3 aromatic rings. The summed E-state index contributed by atoms with van der Waals surface area (Å²) in [7, 11) is 0. The molecule has 2 aromatic carbocycles. The molecule has 140 valence electrons. The quantitative estimate of drug-likeness (QED) is 0.332. The highest BCUT2D eigenvalue weighted by Crippen LogP contribution is 2.36. The number of thiocarbonyl (C=S) groups is 1. The zero-order chi connectivity index (χ0) is 19.7. The van der Waals surface area contributed by atoms with Crippen LogP contribution >= 0.6 is 47.2 Å². The summed E-state index contributed by atoms with van der Waals surface area (Å²) < 4.78 is 6.39. The number of nitrogens with zero attached hydrogens (tertiary/aromatic N) is 1. The molecule has 0 N–H and O–H groups in total. The molecule has 0 atom stereocenters. The Balaban J connectivity index is 1.56. The second kappa shape index (κ2) is 8.13. The molecular formula is C21H13Cl2NO2S2. The topological polar surface area (TPSA) is 33.5 Å². The number of carbonyl (C=O) groups is 1. The number of hydrogen-bond donors (Lipinski definition) is 0. The number of benzene rings is 2. The minimum Gasteiger partial charge on any atom is -0.457 e. The normalized spacial score (nSPS) is 15.6. The highest BCUT2D eigenvalue weighted by molar-refractivity contribution is 8.26. The predicted molar refractivity (Wildman–Crippen MR) is 119 cm³/mol. The van der Waals surface area contributed by atoms with Gasteiger partial charge in [-0.3, -0.25) is 9.69 Å². The van der Waals surface area contributed by atoms with Crippen LogP contribution in [0.25, 0.3) is 17.4 Å². The van der Waals surface area contributed by atoms with Crippen molar-refractivity contribution in [3.63, 3.8) is 0 Å². The molecule has 0 unspecified atom stereocenters. The Kier molecular flexibility index (Phi) is 5.60. The van der Waals surface area contributed by atoms with Crippen LogP contribution < -0.4 is 0 Å². The first kappa shape index (κ1) is 19.3. The first-order valence-corrected chi connectivity index (χ1v) is 10.3. The van der Waals surface area contributed by atoms with Gasteiger partial charge in [0.15, 0.2) is 0 Å². The number of furan rings is 1. The van der Waals surface area contributed by atoms with Gasteiger partial charge < -0.3 is 4.42 Å². The molecule has 7 heteroatoms. The average Bonchev–Trinajstić information content (AvgIpc) is 3.23. The molecule has 1 aliphatic heterocycles. The summed E-state index contributed by atoms with van der Waals surface area (Å²) in [6.45, 7) is 0.451. The summed E-state index contributed by atoms with van der Waals surface area (Å²) in [4.78, 5) is 14.9. The molecule has 1 aromatic heterocycles. The van der Waals surface area contributed by atoms with E-state index in [1.54, 1.807) is 35.2 Å². The molecule has 0 radical (unpaired) electrons. The van der Waals surface area contributed by atoms with Crippen LogP contribution in [-0.4, -0.2) is 15.1 Å². The lowest BCUT2D eigenvalue weighted by molar-refractivity contribution is -0.122. The SMILES string of the molecule is O=C1C(=Cc2ccc(-c3ccc(Cl)cc3Cl)o2)SC(=S)N1Cc1ccccc1. The standard InChI is InChI=1S/C21H13Cl2NO2S2/c22-14-6-8-16(17(23)10-14)18-9-7-15(26-18)11-19-20(25)24(21(27)28-19)12-13-4-2-1-3-5-13/h1-11H,12H2. The van der Waals surface area contributed by atoms with Crippen molar-refractivity contribution in [2.45, 2.75) is 6.54 Å². The Morgan fingerprint density at radius 2 is 1.86 bits per heavy atom. The largest absolute Gasteiger partial charge is 0.457 e. The number of hydrogen-bond acceptors (Lipinski definition) is 4. The van der Waals surface area contributed by atoms with E-state index in [1.807, 2.05) is 36.4 Å². The molecule has 0 saturated carbocycles.